The highest BCUT2D eigenvalue weighted by atomic mass is 15.5. The van der Waals surface area contributed by atoms with Gasteiger partial charge in [-0.25, -0.2) is 0 Å². The van der Waals surface area contributed by atoms with Crippen LogP contribution < -0.4 is 5.73 Å². The maximum absolute atomic E-state index is 5.76. The van der Waals surface area contributed by atoms with E-state index < -0.39 is 0 Å². The van der Waals surface area contributed by atoms with E-state index in [1.807, 2.05) is 5.01 Å². The Morgan fingerprint density at radius 1 is 1.53 bits per heavy atom. The van der Waals surface area contributed by atoms with Crippen LogP contribution in [0.25, 0.3) is 0 Å². The van der Waals surface area contributed by atoms with Crippen molar-refractivity contribution in [2.75, 3.05) is 6.54 Å². The van der Waals surface area contributed by atoms with Crippen LogP contribution in [0.5, 0.6) is 0 Å². The molecule has 0 spiro atoms. The average molecular weight is 203 g/mol. The molecule has 1 aliphatic heterocycles. The zero-order valence-corrected chi connectivity index (χ0v) is 9.27. The lowest BCUT2D eigenvalue weighted by atomic mass is 10.1. The smallest absolute Gasteiger partial charge is 0.124 e. The normalized spacial score (nSPS) is 20.5. The monoisotopic (exact) mass is 203 g/mol. The fourth-order valence-corrected chi connectivity index (χ4v) is 1.83. The lowest BCUT2D eigenvalue weighted by Gasteiger charge is -2.14. The number of hydrogen-bond donors (Lipinski definition) is 1. The lowest BCUT2D eigenvalue weighted by Crippen LogP contribution is -2.20. The second-order valence-electron chi connectivity index (χ2n) is 4.26. The number of nitrogens with zero attached hydrogens (tertiary/aromatic N) is 2. The van der Waals surface area contributed by atoms with Gasteiger partial charge in [0.2, 0.25) is 0 Å². The van der Waals surface area contributed by atoms with Crippen LogP contribution in [0.1, 0.15) is 18.1 Å². The third-order valence-electron chi connectivity index (χ3n) is 2.69. The molecule has 1 atom stereocenters. The Labute approximate surface area is 90.6 Å². The molecule has 1 heterocycles. The van der Waals surface area contributed by atoms with Crippen LogP contribution in [0.3, 0.4) is 0 Å². The van der Waals surface area contributed by atoms with Crippen molar-refractivity contribution in [3.05, 3.63) is 35.4 Å². The second-order valence-corrected chi connectivity index (χ2v) is 4.26. The number of benzene rings is 1. The summed E-state index contributed by atoms with van der Waals surface area (Å²) in [7, 11) is 0. The van der Waals surface area contributed by atoms with Crippen LogP contribution in [-0.2, 0) is 6.54 Å². The van der Waals surface area contributed by atoms with Gasteiger partial charge in [-0.2, -0.15) is 5.10 Å². The van der Waals surface area contributed by atoms with E-state index in [4.69, 9.17) is 5.73 Å². The molecule has 0 radical (unpaired) electrons. The molecular formula is C12H17N3. The van der Waals surface area contributed by atoms with Crippen molar-refractivity contribution in [1.29, 1.82) is 0 Å². The largest absolute Gasteiger partial charge is 0.385 e. The van der Waals surface area contributed by atoms with Crippen LogP contribution in [0.4, 0.5) is 0 Å². The third-order valence-corrected chi connectivity index (χ3v) is 2.69. The van der Waals surface area contributed by atoms with Gasteiger partial charge in [-0.05, 0) is 12.5 Å². The summed E-state index contributed by atoms with van der Waals surface area (Å²) in [5.74, 6) is 1.14. The van der Waals surface area contributed by atoms with Crippen molar-refractivity contribution in [2.45, 2.75) is 20.4 Å². The first-order valence-corrected chi connectivity index (χ1v) is 5.29. The van der Waals surface area contributed by atoms with E-state index in [1.165, 1.54) is 11.1 Å². The summed E-state index contributed by atoms with van der Waals surface area (Å²) >= 11 is 0. The molecule has 3 nitrogen and oxygen atoms in total. The number of rotatable bonds is 2. The van der Waals surface area contributed by atoms with Crippen molar-refractivity contribution < 1.29 is 0 Å². The summed E-state index contributed by atoms with van der Waals surface area (Å²) < 4.78 is 0. The van der Waals surface area contributed by atoms with E-state index in [0.717, 1.165) is 18.9 Å². The van der Waals surface area contributed by atoms with Crippen LogP contribution in [0.15, 0.2) is 29.4 Å². The minimum Gasteiger partial charge on any atom is -0.385 e. The number of amidine groups is 1. The SMILES string of the molecule is Cc1cccc(CN2CC(C)C(N)=N2)c1. The quantitative estimate of drug-likeness (QED) is 0.795. The van der Waals surface area contributed by atoms with Gasteiger partial charge in [0.25, 0.3) is 0 Å². The first-order chi connectivity index (χ1) is 7.15. The topological polar surface area (TPSA) is 41.6 Å². The standard InChI is InChI=1S/C12H17N3/c1-9-4-3-5-11(6-9)8-15-7-10(2)12(13)14-15/h3-6,10H,7-8H2,1-2H3,(H2,13,14). The molecule has 0 aromatic heterocycles. The van der Waals surface area contributed by atoms with Gasteiger partial charge in [0.05, 0.1) is 6.54 Å². The Morgan fingerprint density at radius 3 is 2.93 bits per heavy atom. The highest BCUT2D eigenvalue weighted by molar-refractivity contribution is 5.83. The van der Waals surface area contributed by atoms with Crippen LogP contribution in [0.2, 0.25) is 0 Å². The molecule has 15 heavy (non-hydrogen) atoms. The van der Waals surface area contributed by atoms with Gasteiger partial charge in [-0.3, -0.25) is 5.01 Å². The maximum Gasteiger partial charge on any atom is 0.124 e. The highest BCUT2D eigenvalue weighted by Crippen LogP contribution is 2.14. The molecule has 0 aliphatic carbocycles. The van der Waals surface area contributed by atoms with Crippen LogP contribution >= 0.6 is 0 Å². The number of nitrogens with two attached hydrogens (primary N) is 1. The summed E-state index contributed by atoms with van der Waals surface area (Å²) in [6.07, 6.45) is 0. The summed E-state index contributed by atoms with van der Waals surface area (Å²) in [5.41, 5.74) is 8.34. The summed E-state index contributed by atoms with van der Waals surface area (Å²) in [6, 6.07) is 8.50. The molecule has 0 amide bonds. The molecular weight excluding hydrogens is 186 g/mol. The predicted molar refractivity (Wildman–Crippen MR) is 62.4 cm³/mol. The van der Waals surface area contributed by atoms with Gasteiger partial charge in [0, 0.05) is 12.5 Å². The van der Waals surface area contributed by atoms with Gasteiger partial charge in [-0.15, -0.1) is 0 Å². The van der Waals surface area contributed by atoms with E-state index in [0.29, 0.717) is 5.92 Å². The van der Waals surface area contributed by atoms with Crippen molar-refractivity contribution in [1.82, 2.24) is 5.01 Å². The molecule has 1 unspecified atom stereocenters. The predicted octanol–water partition coefficient (Wildman–Crippen LogP) is 1.72. The minimum absolute atomic E-state index is 0.384. The first kappa shape index (κ1) is 10.0. The second kappa shape index (κ2) is 3.93. The molecule has 0 saturated heterocycles. The molecule has 3 heteroatoms. The number of hydrogen-bond acceptors (Lipinski definition) is 3. The molecule has 2 rings (SSSR count). The van der Waals surface area contributed by atoms with Crippen molar-refractivity contribution in [3.63, 3.8) is 0 Å². The van der Waals surface area contributed by atoms with Crippen molar-refractivity contribution in [2.24, 2.45) is 16.8 Å². The Hall–Kier alpha value is -1.51. The average Bonchev–Trinajstić information content (AvgIpc) is 2.45. The lowest BCUT2D eigenvalue weighted by molar-refractivity contribution is 0.292. The Morgan fingerprint density at radius 2 is 2.33 bits per heavy atom. The molecule has 1 aliphatic rings. The molecule has 80 valence electrons. The van der Waals surface area contributed by atoms with Gasteiger partial charge in [-0.1, -0.05) is 36.8 Å². The molecule has 2 N–H and O–H groups in total. The highest BCUT2D eigenvalue weighted by Gasteiger charge is 2.19. The summed E-state index contributed by atoms with van der Waals surface area (Å²) in [6.45, 7) is 6.00. The molecule has 1 aromatic rings. The summed E-state index contributed by atoms with van der Waals surface area (Å²) in [4.78, 5) is 0. The molecule has 1 aromatic carbocycles. The molecule has 0 bridgehead atoms. The first-order valence-electron chi connectivity index (χ1n) is 5.29. The Bertz CT molecular complexity index is 384. The van der Waals surface area contributed by atoms with Crippen molar-refractivity contribution >= 4 is 5.84 Å². The Kier molecular flexibility index (Phi) is 2.62. The van der Waals surface area contributed by atoms with Crippen LogP contribution in [0, 0.1) is 12.8 Å². The Balaban J connectivity index is 2.05. The fourth-order valence-electron chi connectivity index (χ4n) is 1.83. The van der Waals surface area contributed by atoms with E-state index >= 15 is 0 Å². The number of aryl methyl sites for hydroxylation is 1. The zero-order valence-electron chi connectivity index (χ0n) is 9.27. The van der Waals surface area contributed by atoms with Gasteiger partial charge in [0.1, 0.15) is 5.84 Å². The maximum atomic E-state index is 5.76. The molecule has 0 fully saturated rings. The van der Waals surface area contributed by atoms with E-state index in [2.05, 4.69) is 43.2 Å². The minimum atomic E-state index is 0.384. The molecule has 0 saturated carbocycles. The number of hydrazone groups is 1. The fraction of sp³-hybridized carbons (Fsp3) is 0.417. The third kappa shape index (κ3) is 2.29. The zero-order chi connectivity index (χ0) is 10.8. The van der Waals surface area contributed by atoms with E-state index in [1.54, 1.807) is 0 Å². The van der Waals surface area contributed by atoms with E-state index in [-0.39, 0.29) is 0 Å². The van der Waals surface area contributed by atoms with Crippen LogP contribution in [-0.4, -0.2) is 17.4 Å². The van der Waals surface area contributed by atoms with Gasteiger partial charge < -0.3 is 5.73 Å². The van der Waals surface area contributed by atoms with E-state index in [9.17, 15) is 0 Å². The van der Waals surface area contributed by atoms with Crippen molar-refractivity contribution in [3.8, 4) is 0 Å². The summed E-state index contributed by atoms with van der Waals surface area (Å²) in [5, 5.41) is 6.36. The van der Waals surface area contributed by atoms with Gasteiger partial charge in [0.15, 0.2) is 0 Å². The van der Waals surface area contributed by atoms with Gasteiger partial charge >= 0.3 is 0 Å².